The highest BCUT2D eigenvalue weighted by atomic mass is 16.7. The first-order chi connectivity index (χ1) is 26.5. The van der Waals surface area contributed by atoms with E-state index in [2.05, 4.69) is 156 Å². The van der Waals surface area contributed by atoms with Gasteiger partial charge in [0.15, 0.2) is 0 Å². The normalized spacial score (nSPS) is 16.1. The van der Waals surface area contributed by atoms with E-state index in [9.17, 15) is 0 Å². The Hall–Kier alpha value is -5.82. The Bertz CT molecular complexity index is 2480. The van der Waals surface area contributed by atoms with E-state index in [4.69, 9.17) is 18.8 Å². The van der Waals surface area contributed by atoms with Crippen molar-refractivity contribution in [2.45, 2.75) is 58.2 Å². The van der Waals surface area contributed by atoms with Crippen LogP contribution in [-0.2, 0) is 14.7 Å². The van der Waals surface area contributed by atoms with Crippen LogP contribution in [0.5, 0.6) is 23.0 Å². The molecule has 1 aliphatic heterocycles. The molecule has 9 rings (SSSR count). The van der Waals surface area contributed by atoms with E-state index in [1.807, 2.05) is 48.5 Å². The summed E-state index contributed by atoms with van der Waals surface area (Å²) in [5.74, 6) is 2.68. The first-order valence-corrected chi connectivity index (χ1v) is 19.0. The van der Waals surface area contributed by atoms with Crippen LogP contribution in [0.25, 0.3) is 21.9 Å². The van der Waals surface area contributed by atoms with E-state index in [0.29, 0.717) is 17.0 Å². The van der Waals surface area contributed by atoms with Gasteiger partial charge >= 0.3 is 7.12 Å². The molecular weight excluding hydrogens is 677 g/mol. The molecule has 0 atom stereocenters. The van der Waals surface area contributed by atoms with Crippen LogP contribution in [0.2, 0.25) is 0 Å². The molecule has 0 N–H and O–H groups in total. The molecule has 1 heterocycles. The summed E-state index contributed by atoms with van der Waals surface area (Å²) in [6.45, 7) is 12.9. The number of ether oxygens (including phenoxy) is 2. The predicted octanol–water partition coefficient (Wildman–Crippen LogP) is 12.5. The van der Waals surface area contributed by atoms with E-state index in [1.54, 1.807) is 0 Å². The Morgan fingerprint density at radius 1 is 0.491 bits per heavy atom. The smallest absolute Gasteiger partial charge is 0.458 e. The largest absolute Gasteiger partial charge is 0.502 e. The molecule has 7 aromatic rings. The van der Waals surface area contributed by atoms with Crippen LogP contribution >= 0.6 is 0 Å². The molecule has 1 aliphatic carbocycles. The van der Waals surface area contributed by atoms with Crippen LogP contribution in [0.15, 0.2) is 158 Å². The number of hydrogen-bond acceptors (Lipinski definition) is 5. The molecule has 0 amide bonds. The van der Waals surface area contributed by atoms with Crippen LogP contribution in [0.1, 0.15) is 52.7 Å². The standard InChI is InChI=1S/C49H44BNO4/c1-47(2)40-30-29-36(53-44-28-18-27-43(52-35-23-14-9-15-24-35)46(44)50-54-48(3,4)49(5,6)55-50)31-39(40)45-38-26-17-16-25-37(38)42(32-41(45)47)51(33-19-10-7-11-20-33)34-21-12-8-13-22-34/h7-32H,1-6H3. The molecule has 0 spiro atoms. The van der Waals surface area contributed by atoms with Crippen LogP contribution in [-0.4, -0.2) is 18.3 Å². The maximum Gasteiger partial charge on any atom is 0.502 e. The second kappa shape index (κ2) is 13.2. The van der Waals surface area contributed by atoms with Crippen LogP contribution < -0.4 is 19.8 Å². The summed E-state index contributed by atoms with van der Waals surface area (Å²) < 4.78 is 26.6. The summed E-state index contributed by atoms with van der Waals surface area (Å²) in [5, 5.41) is 2.38. The molecule has 1 fully saturated rings. The minimum absolute atomic E-state index is 0.266. The van der Waals surface area contributed by atoms with Gasteiger partial charge in [0.05, 0.1) is 22.4 Å². The highest BCUT2D eigenvalue weighted by molar-refractivity contribution is 6.64. The van der Waals surface area contributed by atoms with Gasteiger partial charge in [-0.05, 0) is 122 Å². The van der Waals surface area contributed by atoms with Crippen molar-refractivity contribution in [1.82, 2.24) is 0 Å². The number of hydrogen-bond donors (Lipinski definition) is 0. The third-order valence-corrected chi connectivity index (χ3v) is 11.6. The van der Waals surface area contributed by atoms with Crippen molar-refractivity contribution in [2.75, 3.05) is 4.90 Å². The van der Waals surface area contributed by atoms with Gasteiger partial charge < -0.3 is 23.7 Å². The lowest BCUT2D eigenvalue weighted by atomic mass is 9.77. The summed E-state index contributed by atoms with van der Waals surface area (Å²) in [6, 6.07) is 54.6. The molecule has 1 saturated heterocycles. The van der Waals surface area contributed by atoms with E-state index in [0.717, 1.165) is 28.6 Å². The maximum atomic E-state index is 6.89. The second-order valence-corrected chi connectivity index (χ2v) is 16.0. The molecule has 6 heteroatoms. The minimum atomic E-state index is -0.700. The predicted molar refractivity (Wildman–Crippen MR) is 225 cm³/mol. The Kier molecular flexibility index (Phi) is 8.37. The lowest BCUT2D eigenvalue weighted by Gasteiger charge is -2.32. The van der Waals surface area contributed by atoms with E-state index < -0.39 is 18.3 Å². The summed E-state index contributed by atoms with van der Waals surface area (Å²) in [5.41, 5.74) is 7.66. The van der Waals surface area contributed by atoms with E-state index >= 15 is 0 Å². The van der Waals surface area contributed by atoms with Gasteiger partial charge in [0.2, 0.25) is 0 Å². The Labute approximate surface area is 324 Å². The molecule has 2 aliphatic rings. The van der Waals surface area contributed by atoms with Crippen molar-refractivity contribution in [2.24, 2.45) is 0 Å². The van der Waals surface area contributed by atoms with Crippen LogP contribution in [0.3, 0.4) is 0 Å². The SMILES string of the molecule is CC1(C)c2ccc(Oc3cccc(Oc4ccccc4)c3B3OC(C)(C)C(C)(C)O3)cc2-c2c1cc(N(c1ccccc1)c1ccccc1)c1ccccc21. The highest BCUT2D eigenvalue weighted by Crippen LogP contribution is 2.55. The van der Waals surface area contributed by atoms with Gasteiger partial charge in [0.25, 0.3) is 0 Å². The van der Waals surface area contributed by atoms with E-state index in [1.165, 1.54) is 33.0 Å². The Morgan fingerprint density at radius 3 is 1.62 bits per heavy atom. The lowest BCUT2D eigenvalue weighted by Crippen LogP contribution is -2.41. The number of nitrogens with zero attached hydrogens (tertiary/aromatic N) is 1. The third kappa shape index (κ3) is 5.97. The van der Waals surface area contributed by atoms with Gasteiger partial charge in [-0.3, -0.25) is 0 Å². The summed E-state index contributed by atoms with van der Waals surface area (Å²) in [6.07, 6.45) is 0. The van der Waals surface area contributed by atoms with Gasteiger partial charge in [-0.15, -0.1) is 0 Å². The average molecular weight is 722 g/mol. The molecule has 0 aromatic heterocycles. The van der Waals surface area contributed by atoms with Crippen molar-refractivity contribution in [3.05, 3.63) is 169 Å². The van der Waals surface area contributed by atoms with Crippen molar-refractivity contribution < 1.29 is 18.8 Å². The summed E-state index contributed by atoms with van der Waals surface area (Å²) in [4.78, 5) is 2.37. The number of anilines is 3. The van der Waals surface area contributed by atoms with E-state index in [-0.39, 0.29) is 5.41 Å². The van der Waals surface area contributed by atoms with Crippen molar-refractivity contribution in [3.8, 4) is 34.1 Å². The highest BCUT2D eigenvalue weighted by Gasteiger charge is 2.53. The van der Waals surface area contributed by atoms with Gasteiger partial charge in [-0.1, -0.05) is 105 Å². The molecule has 0 unspecified atom stereocenters. The maximum absolute atomic E-state index is 6.89. The van der Waals surface area contributed by atoms with Gasteiger partial charge in [-0.2, -0.15) is 0 Å². The monoisotopic (exact) mass is 721 g/mol. The van der Waals surface area contributed by atoms with Gasteiger partial charge in [0, 0.05) is 22.2 Å². The quantitative estimate of drug-likeness (QED) is 0.146. The first kappa shape index (κ1) is 34.9. The molecule has 5 nitrogen and oxygen atoms in total. The van der Waals surface area contributed by atoms with Gasteiger partial charge in [-0.25, -0.2) is 0 Å². The molecular formula is C49H44BNO4. The second-order valence-electron chi connectivity index (χ2n) is 16.0. The molecule has 55 heavy (non-hydrogen) atoms. The fourth-order valence-electron chi connectivity index (χ4n) is 8.03. The summed E-state index contributed by atoms with van der Waals surface area (Å²) in [7, 11) is -0.700. The van der Waals surface area contributed by atoms with Crippen molar-refractivity contribution >= 4 is 40.4 Å². The Morgan fingerprint density at radius 2 is 1.02 bits per heavy atom. The third-order valence-electron chi connectivity index (χ3n) is 11.6. The molecule has 0 saturated carbocycles. The zero-order chi connectivity index (χ0) is 38.0. The number of fused-ring (bicyclic) bond motifs is 5. The van der Waals surface area contributed by atoms with Gasteiger partial charge in [0.1, 0.15) is 23.0 Å². The molecule has 7 aromatic carbocycles. The molecule has 0 bridgehead atoms. The molecule has 0 radical (unpaired) electrons. The average Bonchev–Trinajstić information content (AvgIpc) is 3.55. The van der Waals surface area contributed by atoms with Crippen LogP contribution in [0, 0.1) is 0 Å². The van der Waals surface area contributed by atoms with Crippen LogP contribution in [0.4, 0.5) is 17.1 Å². The van der Waals surface area contributed by atoms with Crippen molar-refractivity contribution in [1.29, 1.82) is 0 Å². The van der Waals surface area contributed by atoms with Crippen molar-refractivity contribution in [3.63, 3.8) is 0 Å². The Balaban J connectivity index is 1.17. The fourth-order valence-corrected chi connectivity index (χ4v) is 8.03. The summed E-state index contributed by atoms with van der Waals surface area (Å²) >= 11 is 0. The number of rotatable bonds is 8. The first-order valence-electron chi connectivity index (χ1n) is 19.0. The fraction of sp³-hybridized carbons (Fsp3) is 0.184. The minimum Gasteiger partial charge on any atom is -0.458 e. The zero-order valence-electron chi connectivity index (χ0n) is 32.2. The number of benzene rings is 7. The topological polar surface area (TPSA) is 40.2 Å². The number of para-hydroxylation sites is 3. The zero-order valence-corrected chi connectivity index (χ0v) is 32.2. The lowest BCUT2D eigenvalue weighted by molar-refractivity contribution is 0.00578. The molecule has 272 valence electrons.